The molecule has 2 aromatic rings. The molecule has 1 heterocycles. The molecule has 90 valence electrons. The fourth-order valence-corrected chi connectivity index (χ4v) is 2.44. The molecule has 0 unspecified atom stereocenters. The maximum atomic E-state index is 11.8. The van der Waals surface area contributed by atoms with Crippen LogP contribution >= 0.6 is 15.9 Å². The van der Waals surface area contributed by atoms with Crippen molar-refractivity contribution in [3.8, 4) is 0 Å². The lowest BCUT2D eigenvalue weighted by atomic mass is 10.2. The molecule has 0 bridgehead atoms. The van der Waals surface area contributed by atoms with E-state index in [2.05, 4.69) is 30.8 Å². The van der Waals surface area contributed by atoms with Crippen molar-refractivity contribution in [1.29, 1.82) is 0 Å². The molecule has 7 heteroatoms. The van der Waals surface area contributed by atoms with Gasteiger partial charge in [-0.1, -0.05) is 28.1 Å². The lowest BCUT2D eigenvalue weighted by Gasteiger charge is -2.04. The summed E-state index contributed by atoms with van der Waals surface area (Å²) in [5.41, 5.74) is 0.889. The normalized spacial score (nSPS) is 11.6. The van der Waals surface area contributed by atoms with Gasteiger partial charge in [0, 0.05) is 17.2 Å². The Bertz CT molecular complexity index is 579. The van der Waals surface area contributed by atoms with Crippen molar-refractivity contribution >= 4 is 26.0 Å². The molecule has 2 N–H and O–H groups in total. The Morgan fingerprint density at radius 3 is 2.59 bits per heavy atom. The van der Waals surface area contributed by atoms with E-state index in [1.54, 1.807) is 0 Å². The Kier molecular flexibility index (Phi) is 3.60. The third kappa shape index (κ3) is 3.15. The first-order valence-electron chi connectivity index (χ1n) is 4.81. The third-order valence-corrected chi connectivity index (χ3v) is 4.06. The van der Waals surface area contributed by atoms with Gasteiger partial charge in [0.05, 0.1) is 6.20 Å². The molecule has 0 aliphatic heterocycles. The first kappa shape index (κ1) is 12.3. The van der Waals surface area contributed by atoms with Gasteiger partial charge in [0.2, 0.25) is 10.0 Å². The summed E-state index contributed by atoms with van der Waals surface area (Å²) in [6.07, 6.45) is 2.60. The van der Waals surface area contributed by atoms with E-state index in [1.807, 2.05) is 24.3 Å². The van der Waals surface area contributed by atoms with Crippen molar-refractivity contribution < 1.29 is 8.42 Å². The average Bonchev–Trinajstić information content (AvgIpc) is 2.82. The topological polar surface area (TPSA) is 74.8 Å². The Morgan fingerprint density at radius 1 is 1.29 bits per heavy atom. The number of hydrogen-bond acceptors (Lipinski definition) is 3. The summed E-state index contributed by atoms with van der Waals surface area (Å²) in [7, 11) is -3.48. The van der Waals surface area contributed by atoms with Gasteiger partial charge in [-0.2, -0.15) is 5.10 Å². The molecule has 0 saturated heterocycles. The minimum Gasteiger partial charge on any atom is -0.284 e. The molecular weight excluding hydrogens is 306 g/mol. The quantitative estimate of drug-likeness (QED) is 0.901. The molecule has 1 aromatic carbocycles. The highest BCUT2D eigenvalue weighted by Crippen LogP contribution is 2.11. The summed E-state index contributed by atoms with van der Waals surface area (Å²) >= 11 is 3.32. The lowest BCUT2D eigenvalue weighted by molar-refractivity contribution is 0.581. The van der Waals surface area contributed by atoms with E-state index >= 15 is 0 Å². The van der Waals surface area contributed by atoms with Crippen LogP contribution in [0.2, 0.25) is 0 Å². The van der Waals surface area contributed by atoms with E-state index in [0.717, 1.165) is 10.0 Å². The van der Waals surface area contributed by atoms with Gasteiger partial charge in [-0.05, 0) is 17.7 Å². The average molecular weight is 316 g/mol. The summed E-state index contributed by atoms with van der Waals surface area (Å²) in [4.78, 5) is 0.134. The summed E-state index contributed by atoms with van der Waals surface area (Å²) in [5, 5.41) is 6.07. The molecule has 0 aliphatic rings. The Labute approximate surface area is 107 Å². The minimum absolute atomic E-state index is 0.134. The van der Waals surface area contributed by atoms with Crippen LogP contribution in [0, 0.1) is 0 Å². The van der Waals surface area contributed by atoms with Crippen molar-refractivity contribution in [2.24, 2.45) is 0 Å². The molecule has 0 atom stereocenters. The zero-order chi connectivity index (χ0) is 12.3. The van der Waals surface area contributed by atoms with Crippen LogP contribution in [0.15, 0.2) is 46.0 Å². The second kappa shape index (κ2) is 4.99. The van der Waals surface area contributed by atoms with Gasteiger partial charge in [0.25, 0.3) is 0 Å². The van der Waals surface area contributed by atoms with Crippen LogP contribution < -0.4 is 4.72 Å². The molecule has 0 saturated carbocycles. The fourth-order valence-electron chi connectivity index (χ4n) is 1.25. The van der Waals surface area contributed by atoms with Crippen molar-refractivity contribution in [2.75, 3.05) is 0 Å². The fraction of sp³-hybridized carbons (Fsp3) is 0.100. The number of aromatic amines is 1. The molecule has 0 radical (unpaired) electrons. The van der Waals surface area contributed by atoms with Crippen LogP contribution in [0.25, 0.3) is 0 Å². The lowest BCUT2D eigenvalue weighted by Crippen LogP contribution is -2.22. The number of benzene rings is 1. The minimum atomic E-state index is -3.48. The number of hydrogen-bond donors (Lipinski definition) is 2. The van der Waals surface area contributed by atoms with E-state index in [9.17, 15) is 8.42 Å². The number of sulfonamides is 1. The highest BCUT2D eigenvalue weighted by molar-refractivity contribution is 9.10. The van der Waals surface area contributed by atoms with E-state index in [4.69, 9.17) is 0 Å². The molecular formula is C10H10BrN3O2S. The first-order chi connectivity index (χ1) is 8.08. The molecule has 0 amide bonds. The number of nitrogens with zero attached hydrogens (tertiary/aromatic N) is 1. The second-order valence-electron chi connectivity index (χ2n) is 3.39. The molecule has 0 spiro atoms. The van der Waals surface area contributed by atoms with E-state index in [-0.39, 0.29) is 11.4 Å². The van der Waals surface area contributed by atoms with Gasteiger partial charge in [-0.3, -0.25) is 5.10 Å². The van der Waals surface area contributed by atoms with Gasteiger partial charge in [0.1, 0.15) is 4.90 Å². The van der Waals surface area contributed by atoms with Gasteiger partial charge >= 0.3 is 0 Å². The van der Waals surface area contributed by atoms with Gasteiger partial charge in [0.15, 0.2) is 0 Å². The summed E-state index contributed by atoms with van der Waals surface area (Å²) in [5.74, 6) is 0. The maximum absolute atomic E-state index is 11.8. The monoisotopic (exact) mass is 315 g/mol. The molecule has 1 aromatic heterocycles. The Morgan fingerprint density at radius 2 is 2.00 bits per heavy atom. The van der Waals surface area contributed by atoms with Crippen molar-refractivity contribution in [2.45, 2.75) is 11.4 Å². The third-order valence-electron chi connectivity index (χ3n) is 2.16. The standard InChI is InChI=1S/C10H10BrN3O2S/c11-9-3-1-8(2-4-9)5-14-17(15,16)10-6-12-13-7-10/h1-4,6-7,14H,5H2,(H,12,13). The van der Waals surface area contributed by atoms with Crippen LogP contribution in [-0.4, -0.2) is 18.6 Å². The molecule has 0 aliphatic carbocycles. The Balaban J connectivity index is 2.06. The highest BCUT2D eigenvalue weighted by atomic mass is 79.9. The SMILES string of the molecule is O=S(=O)(NCc1ccc(Br)cc1)c1cn[nH]c1. The Hall–Kier alpha value is -1.18. The van der Waals surface area contributed by atoms with Gasteiger partial charge < -0.3 is 0 Å². The molecule has 2 rings (SSSR count). The summed E-state index contributed by atoms with van der Waals surface area (Å²) < 4.78 is 27.0. The van der Waals surface area contributed by atoms with Crippen LogP contribution in [0.3, 0.4) is 0 Å². The number of aromatic nitrogens is 2. The van der Waals surface area contributed by atoms with Gasteiger partial charge in [-0.25, -0.2) is 13.1 Å². The zero-order valence-corrected chi connectivity index (χ0v) is 11.1. The van der Waals surface area contributed by atoms with Crippen LogP contribution in [0.1, 0.15) is 5.56 Å². The second-order valence-corrected chi connectivity index (χ2v) is 6.07. The zero-order valence-electron chi connectivity index (χ0n) is 8.72. The maximum Gasteiger partial charge on any atom is 0.243 e. The van der Waals surface area contributed by atoms with Crippen LogP contribution in [-0.2, 0) is 16.6 Å². The van der Waals surface area contributed by atoms with E-state index < -0.39 is 10.0 Å². The predicted octanol–water partition coefficient (Wildman–Crippen LogP) is 1.65. The summed E-state index contributed by atoms with van der Waals surface area (Å²) in [6, 6.07) is 7.42. The summed E-state index contributed by atoms with van der Waals surface area (Å²) in [6.45, 7) is 0.251. The highest BCUT2D eigenvalue weighted by Gasteiger charge is 2.14. The van der Waals surface area contributed by atoms with Crippen LogP contribution in [0.5, 0.6) is 0 Å². The van der Waals surface area contributed by atoms with Crippen molar-refractivity contribution in [3.05, 3.63) is 46.7 Å². The first-order valence-corrected chi connectivity index (χ1v) is 7.08. The van der Waals surface area contributed by atoms with Crippen molar-refractivity contribution in [1.82, 2.24) is 14.9 Å². The van der Waals surface area contributed by atoms with E-state index in [0.29, 0.717) is 0 Å². The molecule has 17 heavy (non-hydrogen) atoms. The smallest absolute Gasteiger partial charge is 0.243 e. The number of halogens is 1. The van der Waals surface area contributed by atoms with Crippen molar-refractivity contribution in [3.63, 3.8) is 0 Å². The van der Waals surface area contributed by atoms with E-state index in [1.165, 1.54) is 12.4 Å². The number of nitrogens with one attached hydrogen (secondary N) is 2. The van der Waals surface area contributed by atoms with Gasteiger partial charge in [-0.15, -0.1) is 0 Å². The number of H-pyrrole nitrogens is 1. The van der Waals surface area contributed by atoms with Crippen LogP contribution in [0.4, 0.5) is 0 Å². The largest absolute Gasteiger partial charge is 0.284 e. The molecule has 5 nitrogen and oxygen atoms in total. The number of rotatable bonds is 4. The predicted molar refractivity (Wildman–Crippen MR) is 66.8 cm³/mol. The molecule has 0 fully saturated rings.